The number of nitrogen functional groups attached to an aromatic ring is 1. The first-order valence-corrected chi connectivity index (χ1v) is 6.66. The van der Waals surface area contributed by atoms with Crippen molar-refractivity contribution >= 4 is 16.7 Å². The maximum atomic E-state index is 5.82. The molecular weight excluding hydrogens is 236 g/mol. The van der Waals surface area contributed by atoms with Crippen molar-refractivity contribution in [2.24, 2.45) is 5.41 Å². The molecule has 19 heavy (non-hydrogen) atoms. The normalized spacial score (nSPS) is 12.5. The molecular formula is C15H24N4. The van der Waals surface area contributed by atoms with E-state index in [0.29, 0.717) is 0 Å². The van der Waals surface area contributed by atoms with Crippen LogP contribution in [0.15, 0.2) is 18.2 Å². The number of benzene rings is 1. The standard InChI is InChI=1S/C15H24N4/c1-11-17-13-8-12(16)6-7-14(13)19(11)10-15(2,3)9-18(4)5/h6-8H,9-10,16H2,1-5H3. The van der Waals surface area contributed by atoms with Gasteiger partial charge in [-0.25, -0.2) is 4.98 Å². The summed E-state index contributed by atoms with van der Waals surface area (Å²) in [4.78, 5) is 6.84. The van der Waals surface area contributed by atoms with Gasteiger partial charge < -0.3 is 15.2 Å². The van der Waals surface area contributed by atoms with Crippen molar-refractivity contribution < 1.29 is 0 Å². The van der Waals surface area contributed by atoms with Gasteiger partial charge in [-0.05, 0) is 44.6 Å². The molecule has 0 saturated carbocycles. The van der Waals surface area contributed by atoms with Crippen LogP contribution in [0.5, 0.6) is 0 Å². The maximum Gasteiger partial charge on any atom is 0.106 e. The van der Waals surface area contributed by atoms with E-state index >= 15 is 0 Å². The number of nitrogens with zero attached hydrogens (tertiary/aromatic N) is 3. The fraction of sp³-hybridized carbons (Fsp3) is 0.533. The summed E-state index contributed by atoms with van der Waals surface area (Å²) in [6.45, 7) is 8.63. The van der Waals surface area contributed by atoms with Crippen molar-refractivity contribution in [3.05, 3.63) is 24.0 Å². The number of aryl methyl sites for hydroxylation is 1. The quantitative estimate of drug-likeness (QED) is 0.859. The molecule has 0 unspecified atom stereocenters. The average Bonchev–Trinajstić information content (AvgIpc) is 2.52. The number of hydrogen-bond acceptors (Lipinski definition) is 3. The molecule has 0 radical (unpaired) electrons. The molecule has 4 nitrogen and oxygen atoms in total. The highest BCUT2D eigenvalue weighted by Gasteiger charge is 2.21. The van der Waals surface area contributed by atoms with Gasteiger partial charge in [-0.1, -0.05) is 13.8 Å². The van der Waals surface area contributed by atoms with E-state index in [9.17, 15) is 0 Å². The molecule has 0 saturated heterocycles. The Morgan fingerprint density at radius 1 is 1.32 bits per heavy atom. The number of rotatable bonds is 4. The lowest BCUT2D eigenvalue weighted by Gasteiger charge is -2.29. The molecule has 0 aliphatic carbocycles. The molecule has 0 atom stereocenters. The van der Waals surface area contributed by atoms with Gasteiger partial charge in [-0.3, -0.25) is 0 Å². The Morgan fingerprint density at radius 3 is 2.63 bits per heavy atom. The summed E-state index contributed by atoms with van der Waals surface area (Å²) in [7, 11) is 4.22. The zero-order valence-electron chi connectivity index (χ0n) is 12.6. The van der Waals surface area contributed by atoms with Crippen molar-refractivity contribution in [2.45, 2.75) is 27.3 Å². The molecule has 0 fully saturated rings. The van der Waals surface area contributed by atoms with Gasteiger partial charge in [0.05, 0.1) is 11.0 Å². The Bertz CT molecular complexity index is 581. The number of hydrogen-bond donors (Lipinski definition) is 1. The van der Waals surface area contributed by atoms with E-state index in [-0.39, 0.29) is 5.41 Å². The molecule has 0 amide bonds. The molecule has 2 aromatic rings. The van der Waals surface area contributed by atoms with E-state index in [2.05, 4.69) is 55.4 Å². The fourth-order valence-corrected chi connectivity index (χ4v) is 2.80. The molecule has 0 aliphatic rings. The summed E-state index contributed by atoms with van der Waals surface area (Å²) in [5.74, 6) is 1.05. The number of fused-ring (bicyclic) bond motifs is 1. The van der Waals surface area contributed by atoms with Crippen LogP contribution in [-0.4, -0.2) is 35.1 Å². The molecule has 1 aromatic heterocycles. The Hall–Kier alpha value is -1.55. The summed E-state index contributed by atoms with van der Waals surface area (Å²) in [6, 6.07) is 5.95. The lowest BCUT2D eigenvalue weighted by atomic mass is 9.92. The predicted octanol–water partition coefficient (Wildman–Crippen LogP) is 2.51. The third kappa shape index (κ3) is 3.07. The van der Waals surface area contributed by atoms with E-state index in [1.165, 1.54) is 5.52 Å². The first-order chi connectivity index (χ1) is 8.78. The van der Waals surface area contributed by atoms with Crippen LogP contribution in [0.25, 0.3) is 11.0 Å². The van der Waals surface area contributed by atoms with Crippen LogP contribution in [0, 0.1) is 12.3 Å². The predicted molar refractivity (Wildman–Crippen MR) is 81.2 cm³/mol. The number of nitrogens with two attached hydrogens (primary N) is 1. The molecule has 2 N–H and O–H groups in total. The third-order valence-electron chi connectivity index (χ3n) is 3.29. The summed E-state index contributed by atoms with van der Waals surface area (Å²) in [6.07, 6.45) is 0. The zero-order valence-corrected chi connectivity index (χ0v) is 12.6. The van der Waals surface area contributed by atoms with Crippen molar-refractivity contribution in [2.75, 3.05) is 26.4 Å². The van der Waals surface area contributed by atoms with Crippen LogP contribution in [0.1, 0.15) is 19.7 Å². The molecule has 1 aromatic carbocycles. The first-order valence-electron chi connectivity index (χ1n) is 6.66. The van der Waals surface area contributed by atoms with Gasteiger partial charge in [-0.15, -0.1) is 0 Å². The van der Waals surface area contributed by atoms with Crippen molar-refractivity contribution in [1.29, 1.82) is 0 Å². The molecule has 0 aliphatic heterocycles. The Kier molecular flexibility index (Phi) is 3.54. The molecule has 104 valence electrons. The van der Waals surface area contributed by atoms with Crippen molar-refractivity contribution in [1.82, 2.24) is 14.5 Å². The minimum absolute atomic E-state index is 0.198. The van der Waals surface area contributed by atoms with Crippen LogP contribution in [0.3, 0.4) is 0 Å². The number of anilines is 1. The van der Waals surface area contributed by atoms with Gasteiger partial charge in [-0.2, -0.15) is 0 Å². The zero-order chi connectivity index (χ0) is 14.2. The minimum Gasteiger partial charge on any atom is -0.399 e. The number of aromatic nitrogens is 2. The summed E-state index contributed by atoms with van der Waals surface area (Å²) in [5.41, 5.74) is 8.94. The monoisotopic (exact) mass is 260 g/mol. The van der Waals surface area contributed by atoms with Gasteiger partial charge in [0.1, 0.15) is 5.82 Å². The van der Waals surface area contributed by atoms with Gasteiger partial charge in [0.25, 0.3) is 0 Å². The molecule has 0 bridgehead atoms. The second kappa shape index (κ2) is 4.85. The molecule has 2 rings (SSSR count). The maximum absolute atomic E-state index is 5.82. The summed E-state index contributed by atoms with van der Waals surface area (Å²) >= 11 is 0. The highest BCUT2D eigenvalue weighted by molar-refractivity contribution is 5.79. The summed E-state index contributed by atoms with van der Waals surface area (Å²) < 4.78 is 2.29. The fourth-order valence-electron chi connectivity index (χ4n) is 2.80. The van der Waals surface area contributed by atoms with Crippen LogP contribution in [0.4, 0.5) is 5.69 Å². The average molecular weight is 260 g/mol. The van der Waals surface area contributed by atoms with E-state index in [1.807, 2.05) is 12.1 Å². The van der Waals surface area contributed by atoms with E-state index in [1.54, 1.807) is 0 Å². The van der Waals surface area contributed by atoms with Gasteiger partial charge in [0.2, 0.25) is 0 Å². The topological polar surface area (TPSA) is 47.1 Å². The van der Waals surface area contributed by atoms with Crippen molar-refractivity contribution in [3.63, 3.8) is 0 Å². The van der Waals surface area contributed by atoms with Crippen LogP contribution >= 0.6 is 0 Å². The SMILES string of the molecule is Cc1nc2cc(N)ccc2n1CC(C)(C)CN(C)C. The smallest absolute Gasteiger partial charge is 0.106 e. The lowest BCUT2D eigenvalue weighted by Crippen LogP contribution is -2.32. The Morgan fingerprint density at radius 2 is 2.00 bits per heavy atom. The third-order valence-corrected chi connectivity index (χ3v) is 3.29. The van der Waals surface area contributed by atoms with Gasteiger partial charge in [0, 0.05) is 18.8 Å². The van der Waals surface area contributed by atoms with E-state index < -0.39 is 0 Å². The van der Waals surface area contributed by atoms with Gasteiger partial charge in [0.15, 0.2) is 0 Å². The van der Waals surface area contributed by atoms with Crippen LogP contribution in [-0.2, 0) is 6.54 Å². The highest BCUT2D eigenvalue weighted by Crippen LogP contribution is 2.25. The second-order valence-electron chi connectivity index (χ2n) is 6.40. The minimum atomic E-state index is 0.198. The van der Waals surface area contributed by atoms with Crippen LogP contribution in [0.2, 0.25) is 0 Å². The van der Waals surface area contributed by atoms with E-state index in [4.69, 9.17) is 5.73 Å². The summed E-state index contributed by atoms with van der Waals surface area (Å²) in [5, 5.41) is 0. The largest absolute Gasteiger partial charge is 0.399 e. The van der Waals surface area contributed by atoms with E-state index in [0.717, 1.165) is 30.1 Å². The number of imidazole rings is 1. The van der Waals surface area contributed by atoms with Crippen LogP contribution < -0.4 is 5.73 Å². The van der Waals surface area contributed by atoms with Crippen molar-refractivity contribution in [3.8, 4) is 0 Å². The molecule has 0 spiro atoms. The first kappa shape index (κ1) is 13.9. The second-order valence-corrected chi connectivity index (χ2v) is 6.40. The highest BCUT2D eigenvalue weighted by atomic mass is 15.1. The lowest BCUT2D eigenvalue weighted by molar-refractivity contribution is 0.212. The Labute approximate surface area is 115 Å². The molecule has 4 heteroatoms. The Balaban J connectivity index is 2.37. The molecule has 1 heterocycles. The van der Waals surface area contributed by atoms with Gasteiger partial charge >= 0.3 is 0 Å².